The number of hydrogen-bond donors (Lipinski definition) is 0. The molecule has 0 radical (unpaired) electrons. The number of amides is 1. The summed E-state index contributed by atoms with van der Waals surface area (Å²) in [6, 6.07) is 8.60. The van der Waals surface area contributed by atoms with Crippen LogP contribution in [0.1, 0.15) is 49.0 Å². The average molecular weight is 367 g/mol. The van der Waals surface area contributed by atoms with Crippen LogP contribution >= 0.6 is 0 Å². The molecule has 5 heteroatoms. The Morgan fingerprint density at radius 1 is 1.19 bits per heavy atom. The van der Waals surface area contributed by atoms with Crippen molar-refractivity contribution >= 4 is 11.6 Å². The smallest absolute Gasteiger partial charge is 0.255 e. The van der Waals surface area contributed by atoms with E-state index in [1.54, 1.807) is 12.4 Å². The fraction of sp³-hybridized carbons (Fsp3) is 0.455. The Kier molecular flexibility index (Phi) is 4.21. The molecule has 1 unspecified atom stereocenters. The molecule has 4 rings (SSSR count). The summed E-state index contributed by atoms with van der Waals surface area (Å²) >= 11 is 0. The molecule has 1 spiro atoms. The van der Waals surface area contributed by atoms with Crippen LogP contribution in [0, 0.1) is 12.7 Å². The molecule has 2 aromatic rings. The van der Waals surface area contributed by atoms with Gasteiger partial charge in [0.05, 0.1) is 11.1 Å². The number of carbonyl (C=O) groups is 1. The predicted molar refractivity (Wildman–Crippen MR) is 104 cm³/mol. The molecular weight excluding hydrogens is 341 g/mol. The minimum absolute atomic E-state index is 0.0699. The van der Waals surface area contributed by atoms with Gasteiger partial charge in [-0.2, -0.15) is 0 Å². The van der Waals surface area contributed by atoms with Crippen LogP contribution in [0.25, 0.3) is 0 Å². The van der Waals surface area contributed by atoms with Crippen LogP contribution < -0.4 is 4.90 Å². The summed E-state index contributed by atoms with van der Waals surface area (Å²) < 4.78 is 13.4. The SMILES string of the molecule is Cc1cncc(C(=O)N2CCCC23CN(c2ccc(F)cc2)C(C)(C)C3)c1. The Hall–Kier alpha value is -2.43. The Bertz CT molecular complexity index is 864. The molecule has 0 N–H and O–H groups in total. The third-order valence-electron chi connectivity index (χ3n) is 6.05. The number of carbonyl (C=O) groups excluding carboxylic acids is 1. The number of pyridine rings is 1. The van der Waals surface area contributed by atoms with E-state index >= 15 is 0 Å². The molecule has 27 heavy (non-hydrogen) atoms. The molecule has 2 saturated heterocycles. The molecule has 0 saturated carbocycles. The van der Waals surface area contributed by atoms with Crippen LogP contribution in [0.15, 0.2) is 42.7 Å². The van der Waals surface area contributed by atoms with Gasteiger partial charge in [0, 0.05) is 36.7 Å². The standard InChI is InChI=1S/C22H26FN3O/c1-16-11-17(13-24-12-16)20(27)25-10-4-9-22(25)14-21(2,3)26(15-22)19-7-5-18(23)6-8-19/h5-8,11-13H,4,9-10,14-15H2,1-3H3. The van der Waals surface area contributed by atoms with Gasteiger partial charge in [-0.15, -0.1) is 0 Å². The number of halogens is 1. The van der Waals surface area contributed by atoms with Gasteiger partial charge in [-0.1, -0.05) is 0 Å². The van der Waals surface area contributed by atoms with Gasteiger partial charge in [0.1, 0.15) is 5.82 Å². The van der Waals surface area contributed by atoms with Crippen molar-refractivity contribution in [3.05, 3.63) is 59.7 Å². The molecule has 0 aliphatic carbocycles. The molecule has 1 amide bonds. The highest BCUT2D eigenvalue weighted by Crippen LogP contribution is 2.47. The van der Waals surface area contributed by atoms with Crippen LogP contribution in [0.3, 0.4) is 0 Å². The third-order valence-corrected chi connectivity index (χ3v) is 6.05. The Balaban J connectivity index is 1.66. The maximum absolute atomic E-state index is 13.4. The predicted octanol–water partition coefficient (Wildman–Crippen LogP) is 4.19. The number of likely N-dealkylation sites (tertiary alicyclic amines) is 1. The summed E-state index contributed by atoms with van der Waals surface area (Å²) in [5, 5.41) is 0. The Morgan fingerprint density at radius 3 is 2.63 bits per heavy atom. The van der Waals surface area contributed by atoms with Crippen molar-refractivity contribution in [1.29, 1.82) is 0 Å². The fourth-order valence-electron chi connectivity index (χ4n) is 4.96. The molecule has 2 aliphatic heterocycles. The van der Waals surface area contributed by atoms with Crippen molar-refractivity contribution in [2.75, 3.05) is 18.0 Å². The molecular formula is C22H26FN3O. The largest absolute Gasteiger partial charge is 0.364 e. The normalized spacial score (nSPS) is 24.0. The number of nitrogens with zero attached hydrogens (tertiary/aromatic N) is 3. The lowest BCUT2D eigenvalue weighted by Gasteiger charge is -2.35. The van der Waals surface area contributed by atoms with Gasteiger partial charge in [0.15, 0.2) is 0 Å². The number of benzene rings is 1. The average Bonchev–Trinajstić information content (AvgIpc) is 3.14. The molecule has 2 fully saturated rings. The van der Waals surface area contributed by atoms with Gasteiger partial charge in [0.25, 0.3) is 5.91 Å². The minimum Gasteiger partial charge on any atom is -0.364 e. The highest BCUT2D eigenvalue weighted by molar-refractivity contribution is 5.95. The van der Waals surface area contributed by atoms with Crippen molar-refractivity contribution in [2.24, 2.45) is 0 Å². The molecule has 1 atom stereocenters. The van der Waals surface area contributed by atoms with Gasteiger partial charge in [-0.25, -0.2) is 4.39 Å². The second-order valence-corrected chi connectivity index (χ2v) is 8.59. The van der Waals surface area contributed by atoms with E-state index in [0.29, 0.717) is 5.56 Å². The molecule has 142 valence electrons. The summed E-state index contributed by atoms with van der Waals surface area (Å²) in [5.41, 5.74) is 2.38. The molecule has 1 aromatic carbocycles. The Labute approximate surface area is 160 Å². The van der Waals surface area contributed by atoms with Gasteiger partial charge in [-0.3, -0.25) is 9.78 Å². The van der Waals surface area contributed by atoms with Crippen LogP contribution in [0.4, 0.5) is 10.1 Å². The zero-order chi connectivity index (χ0) is 19.2. The van der Waals surface area contributed by atoms with E-state index in [4.69, 9.17) is 0 Å². The first-order valence-electron chi connectivity index (χ1n) is 9.58. The van der Waals surface area contributed by atoms with E-state index in [1.807, 2.05) is 25.1 Å². The van der Waals surface area contributed by atoms with E-state index in [2.05, 4.69) is 28.6 Å². The van der Waals surface area contributed by atoms with E-state index in [-0.39, 0.29) is 22.8 Å². The van der Waals surface area contributed by atoms with Crippen molar-refractivity contribution in [2.45, 2.75) is 51.1 Å². The monoisotopic (exact) mass is 367 g/mol. The highest BCUT2D eigenvalue weighted by Gasteiger charge is 2.54. The fourth-order valence-corrected chi connectivity index (χ4v) is 4.96. The molecule has 3 heterocycles. The minimum atomic E-state index is -0.227. The quantitative estimate of drug-likeness (QED) is 0.798. The number of hydrogen-bond acceptors (Lipinski definition) is 3. The van der Waals surface area contributed by atoms with E-state index < -0.39 is 0 Å². The van der Waals surface area contributed by atoms with Crippen LogP contribution in [-0.4, -0.2) is 40.0 Å². The van der Waals surface area contributed by atoms with Gasteiger partial charge >= 0.3 is 0 Å². The van der Waals surface area contributed by atoms with Crippen molar-refractivity contribution in [3.8, 4) is 0 Å². The second-order valence-electron chi connectivity index (χ2n) is 8.59. The number of aromatic nitrogens is 1. The maximum atomic E-state index is 13.4. The van der Waals surface area contributed by atoms with Gasteiger partial charge < -0.3 is 9.80 Å². The van der Waals surface area contributed by atoms with Crippen LogP contribution in [-0.2, 0) is 0 Å². The van der Waals surface area contributed by atoms with E-state index in [0.717, 1.165) is 43.6 Å². The van der Waals surface area contributed by atoms with E-state index in [9.17, 15) is 9.18 Å². The topological polar surface area (TPSA) is 36.4 Å². The first-order valence-corrected chi connectivity index (χ1v) is 9.58. The molecule has 4 nitrogen and oxygen atoms in total. The summed E-state index contributed by atoms with van der Waals surface area (Å²) in [5.74, 6) is -0.157. The lowest BCUT2D eigenvalue weighted by atomic mass is 9.87. The van der Waals surface area contributed by atoms with Crippen molar-refractivity contribution < 1.29 is 9.18 Å². The summed E-state index contributed by atoms with van der Waals surface area (Å²) in [6.07, 6.45) is 6.35. The lowest BCUT2D eigenvalue weighted by molar-refractivity contribution is 0.0617. The number of aryl methyl sites for hydroxylation is 1. The van der Waals surface area contributed by atoms with Crippen LogP contribution in [0.5, 0.6) is 0 Å². The molecule has 1 aromatic heterocycles. The van der Waals surface area contributed by atoms with Gasteiger partial charge in [-0.05, 0) is 75.9 Å². The van der Waals surface area contributed by atoms with Crippen LogP contribution in [0.2, 0.25) is 0 Å². The third kappa shape index (κ3) is 3.09. The van der Waals surface area contributed by atoms with Crippen molar-refractivity contribution in [1.82, 2.24) is 9.88 Å². The second kappa shape index (κ2) is 6.32. The summed E-state index contributed by atoms with van der Waals surface area (Å²) in [6.45, 7) is 7.93. The highest BCUT2D eigenvalue weighted by atomic mass is 19.1. The molecule has 2 aliphatic rings. The van der Waals surface area contributed by atoms with Crippen molar-refractivity contribution in [3.63, 3.8) is 0 Å². The first-order chi connectivity index (χ1) is 12.8. The summed E-state index contributed by atoms with van der Waals surface area (Å²) in [4.78, 5) is 21.9. The zero-order valence-corrected chi connectivity index (χ0v) is 16.2. The zero-order valence-electron chi connectivity index (χ0n) is 16.2. The van der Waals surface area contributed by atoms with Gasteiger partial charge in [0.2, 0.25) is 0 Å². The lowest BCUT2D eigenvalue weighted by Crippen LogP contribution is -2.49. The number of rotatable bonds is 2. The molecule has 0 bridgehead atoms. The number of anilines is 1. The maximum Gasteiger partial charge on any atom is 0.255 e. The Morgan fingerprint density at radius 2 is 1.93 bits per heavy atom. The van der Waals surface area contributed by atoms with E-state index in [1.165, 1.54) is 12.1 Å². The summed E-state index contributed by atoms with van der Waals surface area (Å²) in [7, 11) is 0. The first kappa shape index (κ1) is 18.0.